The highest BCUT2D eigenvalue weighted by Gasteiger charge is 2.46. The van der Waals surface area contributed by atoms with E-state index in [9.17, 15) is 14.7 Å². The molecule has 0 saturated carbocycles. The molecule has 4 rings (SSSR count). The number of carbonyl (C=O) groups is 2. The van der Waals surface area contributed by atoms with E-state index < -0.39 is 17.7 Å². The van der Waals surface area contributed by atoms with Gasteiger partial charge in [0.2, 0.25) is 10.9 Å². The number of aryl methyl sites for hydroxylation is 1. The number of hydrogen-bond acceptors (Lipinski definition) is 7. The molecule has 26 heavy (non-hydrogen) atoms. The molecule has 1 aliphatic heterocycles. The van der Waals surface area contributed by atoms with Gasteiger partial charge in [-0.1, -0.05) is 47.7 Å². The van der Waals surface area contributed by atoms with Gasteiger partial charge in [-0.3, -0.25) is 14.5 Å². The molecular formula is C18H13N3O3S2. The molecule has 0 saturated heterocycles. The molecule has 0 spiro atoms. The molecule has 1 aromatic carbocycles. The number of nitrogens with zero attached hydrogens (tertiary/aromatic N) is 3. The standard InChI is InChI=1S/C18H13N3O3S2/c1-10-19-20-18(26-10)21-14(11-6-3-2-4-7-11)13(16(23)17(21)24)15(22)12-8-5-9-25-12/h2-9,14,23H,1H3/t14-/m1/s1. The second-order valence-corrected chi connectivity index (χ2v) is 7.77. The molecule has 3 aromatic rings. The number of rotatable bonds is 4. The van der Waals surface area contributed by atoms with E-state index in [1.165, 1.54) is 27.6 Å². The minimum atomic E-state index is -0.745. The molecule has 6 nitrogen and oxygen atoms in total. The zero-order valence-corrected chi connectivity index (χ0v) is 15.3. The van der Waals surface area contributed by atoms with Gasteiger partial charge in [0.15, 0.2) is 5.76 Å². The summed E-state index contributed by atoms with van der Waals surface area (Å²) in [5.41, 5.74) is 0.786. The lowest BCUT2D eigenvalue weighted by atomic mass is 9.96. The average molecular weight is 383 g/mol. The summed E-state index contributed by atoms with van der Waals surface area (Å²) in [6.07, 6.45) is 0. The number of aliphatic hydroxyl groups is 1. The molecule has 1 aliphatic rings. The zero-order valence-electron chi connectivity index (χ0n) is 13.6. The normalized spacial score (nSPS) is 17.2. The number of thiophene rings is 1. The van der Waals surface area contributed by atoms with Crippen LogP contribution in [-0.4, -0.2) is 27.0 Å². The smallest absolute Gasteiger partial charge is 0.296 e. The summed E-state index contributed by atoms with van der Waals surface area (Å²) in [6, 6.07) is 11.8. The Kier molecular flexibility index (Phi) is 4.14. The maximum absolute atomic E-state index is 13.0. The van der Waals surface area contributed by atoms with Gasteiger partial charge in [0.05, 0.1) is 16.5 Å². The summed E-state index contributed by atoms with van der Waals surface area (Å²) < 4.78 is 0. The molecule has 3 heterocycles. The molecule has 0 fully saturated rings. The summed E-state index contributed by atoms with van der Waals surface area (Å²) in [6.45, 7) is 1.78. The van der Waals surface area contributed by atoms with E-state index in [-0.39, 0.29) is 11.4 Å². The quantitative estimate of drug-likeness (QED) is 0.695. The molecule has 0 aliphatic carbocycles. The minimum absolute atomic E-state index is 0.0662. The van der Waals surface area contributed by atoms with Crippen LogP contribution in [0.4, 0.5) is 5.13 Å². The first-order valence-corrected chi connectivity index (χ1v) is 9.47. The van der Waals surface area contributed by atoms with Gasteiger partial charge in [-0.25, -0.2) is 0 Å². The summed E-state index contributed by atoms with van der Waals surface area (Å²) >= 11 is 2.51. The predicted octanol–water partition coefficient (Wildman–Crippen LogP) is 3.69. The molecule has 0 bridgehead atoms. The van der Waals surface area contributed by atoms with E-state index in [0.29, 0.717) is 15.0 Å². The van der Waals surface area contributed by atoms with Crippen LogP contribution in [0.2, 0.25) is 0 Å². The van der Waals surface area contributed by atoms with Crippen molar-refractivity contribution in [2.75, 3.05) is 4.90 Å². The third-order valence-corrected chi connectivity index (χ3v) is 5.74. The number of benzene rings is 1. The Balaban J connectivity index is 1.88. The van der Waals surface area contributed by atoms with Gasteiger partial charge in [-0.15, -0.1) is 21.5 Å². The summed E-state index contributed by atoms with van der Waals surface area (Å²) in [5, 5.41) is 21.4. The van der Waals surface area contributed by atoms with Crippen molar-refractivity contribution in [2.24, 2.45) is 0 Å². The lowest BCUT2D eigenvalue weighted by Gasteiger charge is -2.23. The largest absolute Gasteiger partial charge is 0.503 e. The van der Waals surface area contributed by atoms with Crippen LogP contribution in [-0.2, 0) is 4.79 Å². The molecule has 1 N–H and O–H groups in total. The third-order valence-electron chi connectivity index (χ3n) is 4.03. The Labute approximate surface area is 157 Å². The van der Waals surface area contributed by atoms with Crippen LogP contribution in [0.3, 0.4) is 0 Å². The van der Waals surface area contributed by atoms with Crippen molar-refractivity contribution < 1.29 is 14.7 Å². The highest BCUT2D eigenvalue weighted by Crippen LogP contribution is 2.42. The van der Waals surface area contributed by atoms with E-state index in [2.05, 4.69) is 10.2 Å². The van der Waals surface area contributed by atoms with Crippen LogP contribution in [0.1, 0.15) is 26.3 Å². The van der Waals surface area contributed by atoms with Crippen LogP contribution < -0.4 is 4.90 Å². The molecule has 8 heteroatoms. The fraction of sp³-hybridized carbons (Fsp3) is 0.111. The second-order valence-electron chi connectivity index (χ2n) is 5.66. The van der Waals surface area contributed by atoms with Gasteiger partial charge in [0.1, 0.15) is 5.01 Å². The lowest BCUT2D eigenvalue weighted by Crippen LogP contribution is -2.30. The van der Waals surface area contributed by atoms with Crippen molar-refractivity contribution >= 4 is 39.5 Å². The predicted molar refractivity (Wildman–Crippen MR) is 99.6 cm³/mol. The van der Waals surface area contributed by atoms with Crippen LogP contribution >= 0.6 is 22.7 Å². The maximum Gasteiger partial charge on any atom is 0.296 e. The molecule has 130 valence electrons. The number of hydrogen-bond donors (Lipinski definition) is 1. The van der Waals surface area contributed by atoms with Gasteiger partial charge in [-0.2, -0.15) is 0 Å². The van der Waals surface area contributed by atoms with Gasteiger partial charge in [-0.05, 0) is 23.9 Å². The number of ketones is 1. The SMILES string of the molecule is Cc1nnc(N2C(=O)C(O)=C(C(=O)c3cccs3)[C@H]2c2ccccc2)s1. The number of amides is 1. The number of Topliss-reactive ketones (excluding diaryl/α,β-unsaturated/α-hetero) is 1. The van der Waals surface area contributed by atoms with Crippen molar-refractivity contribution in [3.8, 4) is 0 Å². The summed E-state index contributed by atoms with van der Waals surface area (Å²) in [5.74, 6) is -1.54. The van der Waals surface area contributed by atoms with Gasteiger partial charge in [0, 0.05) is 0 Å². The Morgan fingerprint density at radius 2 is 1.92 bits per heavy atom. The van der Waals surface area contributed by atoms with Crippen molar-refractivity contribution in [1.82, 2.24) is 10.2 Å². The van der Waals surface area contributed by atoms with E-state index in [0.717, 1.165) is 5.56 Å². The van der Waals surface area contributed by atoms with Crippen molar-refractivity contribution in [2.45, 2.75) is 13.0 Å². The number of anilines is 1. The zero-order chi connectivity index (χ0) is 18.3. The Morgan fingerprint density at radius 3 is 2.54 bits per heavy atom. The van der Waals surface area contributed by atoms with Crippen LogP contribution in [0, 0.1) is 6.92 Å². The highest BCUT2D eigenvalue weighted by molar-refractivity contribution is 7.15. The first kappa shape index (κ1) is 16.6. The molecule has 1 atom stereocenters. The van der Waals surface area contributed by atoms with E-state index in [1.54, 1.807) is 24.4 Å². The monoisotopic (exact) mass is 383 g/mol. The van der Waals surface area contributed by atoms with Crippen molar-refractivity contribution in [3.63, 3.8) is 0 Å². The van der Waals surface area contributed by atoms with Gasteiger partial charge < -0.3 is 5.11 Å². The molecule has 0 unspecified atom stereocenters. The third kappa shape index (κ3) is 2.63. The first-order valence-electron chi connectivity index (χ1n) is 7.78. The minimum Gasteiger partial charge on any atom is -0.503 e. The molecule has 2 aromatic heterocycles. The maximum atomic E-state index is 13.0. The molecule has 0 radical (unpaired) electrons. The average Bonchev–Trinajstić information content (AvgIpc) is 3.37. The van der Waals surface area contributed by atoms with Gasteiger partial charge in [0.25, 0.3) is 5.91 Å². The second kappa shape index (κ2) is 6.47. The lowest BCUT2D eigenvalue weighted by molar-refractivity contribution is -0.117. The first-order chi connectivity index (χ1) is 12.6. The summed E-state index contributed by atoms with van der Waals surface area (Å²) in [7, 11) is 0. The Hall–Kier alpha value is -2.84. The van der Waals surface area contributed by atoms with Crippen LogP contribution in [0.5, 0.6) is 0 Å². The van der Waals surface area contributed by atoms with Gasteiger partial charge >= 0.3 is 0 Å². The van der Waals surface area contributed by atoms with E-state index >= 15 is 0 Å². The van der Waals surface area contributed by atoms with Crippen LogP contribution in [0.15, 0.2) is 59.2 Å². The fourth-order valence-electron chi connectivity index (χ4n) is 2.91. The van der Waals surface area contributed by atoms with E-state index in [4.69, 9.17) is 0 Å². The number of carbonyl (C=O) groups excluding carboxylic acids is 2. The number of aromatic nitrogens is 2. The van der Waals surface area contributed by atoms with Crippen molar-refractivity contribution in [1.29, 1.82) is 0 Å². The number of aliphatic hydroxyl groups excluding tert-OH is 1. The summed E-state index contributed by atoms with van der Waals surface area (Å²) in [4.78, 5) is 27.6. The van der Waals surface area contributed by atoms with E-state index in [1.807, 2.05) is 30.3 Å². The topological polar surface area (TPSA) is 83.4 Å². The molecular weight excluding hydrogens is 370 g/mol. The van der Waals surface area contributed by atoms with Crippen LogP contribution in [0.25, 0.3) is 0 Å². The fourth-order valence-corrected chi connectivity index (χ4v) is 4.30. The Bertz CT molecular complexity index is 1010. The highest BCUT2D eigenvalue weighted by atomic mass is 32.1. The molecule has 1 amide bonds. The Morgan fingerprint density at radius 1 is 1.15 bits per heavy atom. The van der Waals surface area contributed by atoms with Crippen molar-refractivity contribution in [3.05, 3.63) is 74.6 Å².